The van der Waals surface area contributed by atoms with E-state index >= 15 is 0 Å². The number of fused-ring (bicyclic) bond motifs is 27. The summed E-state index contributed by atoms with van der Waals surface area (Å²) in [7, 11) is 0. The molecule has 11 nitrogen and oxygen atoms in total. The van der Waals surface area contributed by atoms with Gasteiger partial charge in [-0.05, 0) is 213 Å². The van der Waals surface area contributed by atoms with Crippen LogP contribution in [0.25, 0.3) is 242 Å². The zero-order valence-electron chi connectivity index (χ0n) is 80.2. The number of anilines is 9. The average Bonchev–Trinajstić information content (AvgIpc) is 1.55. The Bertz CT molecular complexity index is 10400. The van der Waals surface area contributed by atoms with Gasteiger partial charge in [0, 0.05) is 150 Å². The van der Waals surface area contributed by atoms with Crippen LogP contribution < -0.4 is 14.7 Å². The summed E-state index contributed by atoms with van der Waals surface area (Å²) in [4.78, 5) is 6.89. The van der Waals surface area contributed by atoms with E-state index in [4.69, 9.17) is 35.3 Å². The maximum Gasteiger partial charge on any atom is 0.179 e. The second-order valence-electron chi connectivity index (χ2n) is 37.8. The summed E-state index contributed by atoms with van der Waals surface area (Å²) < 4.78 is 52.4. The topological polar surface area (TPSA) is 115 Å². The van der Waals surface area contributed by atoms with Crippen LogP contribution in [0.5, 0.6) is 0 Å². The third-order valence-corrected chi connectivity index (χ3v) is 29.2. The molecule has 0 amide bonds. The van der Waals surface area contributed by atoms with Crippen LogP contribution in [-0.4, -0.2) is 0 Å². The second-order valence-corrected chi connectivity index (χ2v) is 37.8. The molecule has 0 fully saturated rings. The Labute approximate surface area is 853 Å². The second kappa shape index (κ2) is 35.5. The van der Waals surface area contributed by atoms with E-state index in [0.29, 0.717) is 0 Å². The lowest BCUT2D eigenvalue weighted by molar-refractivity contribution is 0.633. The van der Waals surface area contributed by atoms with Crippen LogP contribution in [0.4, 0.5) is 51.2 Å². The van der Waals surface area contributed by atoms with Crippen molar-refractivity contribution in [2.75, 3.05) is 14.7 Å². The molecule has 0 saturated carbocycles. The Morgan fingerprint density at radius 1 is 0.121 bits per heavy atom. The number of hydrogen-bond donors (Lipinski definition) is 0. The van der Waals surface area contributed by atoms with Gasteiger partial charge in [-0.15, -0.1) is 0 Å². The van der Waals surface area contributed by atoms with E-state index in [9.17, 15) is 0 Å². The number of nitrogens with zero attached hydrogens (tertiary/aromatic N) is 3. The SMILES string of the molecule is c1ccc(-c2cc(N(c3ccc4c(c3)oc3ccccc34)c3ccc4c(c3)oc3ccccc34)ccc2-c2cc3c4ccccc4oc3c3oc4ccccc4c23)cc1.c1ccc(-c2ccc(N(c3ccc(-c4ccccc4)cc3)c3ccc(-c4c(-c5ccccc5)c5c6ccccc6oc5c5oc6ccccc6c45)cc3)cc2)cc1.c1ccc(N(c2ccccc2)c2cc3c4ccccc4oc3c3c2oc2ccccc23)cc1. The van der Waals surface area contributed by atoms with Crippen LogP contribution in [0, 0.1) is 0 Å². The number of benzene rings is 23. The van der Waals surface area contributed by atoms with Gasteiger partial charge in [0.25, 0.3) is 0 Å². The number of furan rings is 8. The molecule has 23 aromatic carbocycles. The summed E-state index contributed by atoms with van der Waals surface area (Å²) in [6.45, 7) is 0. The molecule has 11 heteroatoms. The fourth-order valence-corrected chi connectivity index (χ4v) is 22.4. The molecule has 0 bridgehead atoms. The van der Waals surface area contributed by atoms with Crippen LogP contribution >= 0.6 is 0 Å². The summed E-state index contributed by atoms with van der Waals surface area (Å²) in [6.07, 6.45) is 0. The third-order valence-electron chi connectivity index (χ3n) is 29.2. The highest BCUT2D eigenvalue weighted by atomic mass is 16.4. The first kappa shape index (κ1) is 85.6. The maximum atomic E-state index is 6.71. The normalized spacial score (nSPS) is 11.8. The average molecular weight is 1910 g/mol. The van der Waals surface area contributed by atoms with Crippen molar-refractivity contribution in [3.05, 3.63) is 516 Å². The van der Waals surface area contributed by atoms with Crippen molar-refractivity contribution in [1.82, 2.24) is 0 Å². The zero-order valence-corrected chi connectivity index (χ0v) is 80.2. The molecule has 0 unspecified atom stereocenters. The monoisotopic (exact) mass is 1910 g/mol. The number of hydrogen-bond acceptors (Lipinski definition) is 11. The van der Waals surface area contributed by atoms with Crippen LogP contribution in [0.2, 0.25) is 0 Å². The third kappa shape index (κ3) is 14.6. The fourth-order valence-electron chi connectivity index (χ4n) is 22.4. The minimum absolute atomic E-state index is 0.748. The molecule has 0 aliphatic carbocycles. The molecule has 700 valence electrons. The molecule has 31 aromatic rings. The Kier molecular flexibility index (Phi) is 20.4. The molecular weight excluding hydrogens is 1830 g/mol. The summed E-state index contributed by atoms with van der Waals surface area (Å²) in [5, 5.41) is 17.0. The maximum absolute atomic E-state index is 6.71. The van der Waals surface area contributed by atoms with Gasteiger partial charge < -0.3 is 50.0 Å². The molecule has 0 spiro atoms. The first-order chi connectivity index (χ1) is 73.9. The Morgan fingerprint density at radius 3 is 0.826 bits per heavy atom. The quantitative estimate of drug-likeness (QED) is 0.0977. The van der Waals surface area contributed by atoms with Gasteiger partial charge in [0.2, 0.25) is 0 Å². The summed E-state index contributed by atoms with van der Waals surface area (Å²) >= 11 is 0. The lowest BCUT2D eigenvalue weighted by Gasteiger charge is -2.27. The van der Waals surface area contributed by atoms with Crippen molar-refractivity contribution in [2.45, 2.75) is 0 Å². The van der Waals surface area contributed by atoms with Crippen molar-refractivity contribution in [1.29, 1.82) is 0 Å². The minimum atomic E-state index is 0.748. The number of para-hydroxylation sites is 10. The molecule has 0 N–H and O–H groups in total. The van der Waals surface area contributed by atoms with E-state index < -0.39 is 0 Å². The Hall–Kier alpha value is -20.1. The molecule has 149 heavy (non-hydrogen) atoms. The Balaban J connectivity index is 0.000000109. The molecule has 0 aliphatic heterocycles. The van der Waals surface area contributed by atoms with E-state index in [1.807, 2.05) is 115 Å². The van der Waals surface area contributed by atoms with Gasteiger partial charge >= 0.3 is 0 Å². The van der Waals surface area contributed by atoms with Crippen molar-refractivity contribution in [3.8, 4) is 66.8 Å². The molecule has 0 atom stereocenters. The van der Waals surface area contributed by atoms with E-state index in [1.165, 1.54) is 22.3 Å². The van der Waals surface area contributed by atoms with E-state index in [0.717, 1.165) is 271 Å². The highest BCUT2D eigenvalue weighted by Crippen LogP contribution is 2.56. The molecule has 8 aromatic heterocycles. The van der Waals surface area contributed by atoms with Gasteiger partial charge in [0.05, 0.1) is 11.1 Å². The lowest BCUT2D eigenvalue weighted by atomic mass is 9.87. The zero-order chi connectivity index (χ0) is 98.1. The van der Waals surface area contributed by atoms with Crippen LogP contribution in [0.1, 0.15) is 0 Å². The standard InChI is InChI=1S/C54H31NO4.C54H35NO2.C30H19NO2/c1-2-12-32(13-3-1)43-28-33(22-25-36(43)44-31-45-39-16-6-10-20-48(39)58-53(45)54-52(44)42-17-7-11-21-49(42)59-54)55(34-23-26-40-37-14-4-8-18-46(37)56-50(40)29-34)35-24-27-41-38-15-5-9-19-47(38)57-51(41)30-35;1-4-14-36(15-5-1)38-24-30-42(31-25-38)55(43-32-26-39(27-33-43)37-16-6-2-7-17-37)44-34-28-41(29-35-44)50-49(40-18-8-3-9-19-40)51-45-20-10-12-22-47(45)56-53(51)54-52(50)46-21-11-13-23-48(46)57-54;1-3-11-20(12-4-1)31(21-13-5-2-6-14-21)25-19-24-22-15-7-9-17-26(22)32-29(24)28-23-16-8-10-18-27(23)33-30(25)28/h1-31H;1-35H;1-19H. The molecule has 8 heterocycles. The molecule has 0 aliphatic rings. The highest BCUT2D eigenvalue weighted by molar-refractivity contribution is 6.32. The van der Waals surface area contributed by atoms with Crippen molar-refractivity contribution >= 4 is 227 Å². The minimum Gasteiger partial charge on any atom is -0.456 e. The largest absolute Gasteiger partial charge is 0.456 e. The van der Waals surface area contributed by atoms with E-state index in [2.05, 4.69) is 415 Å². The van der Waals surface area contributed by atoms with Crippen molar-refractivity contribution in [3.63, 3.8) is 0 Å². The van der Waals surface area contributed by atoms with Crippen LogP contribution in [-0.2, 0) is 0 Å². The van der Waals surface area contributed by atoms with Crippen LogP contribution in [0.3, 0.4) is 0 Å². The molecule has 0 radical (unpaired) electrons. The predicted molar refractivity (Wildman–Crippen MR) is 614 cm³/mol. The summed E-state index contributed by atoms with van der Waals surface area (Å²) in [5.41, 5.74) is 36.0. The smallest absolute Gasteiger partial charge is 0.179 e. The molecule has 0 saturated heterocycles. The summed E-state index contributed by atoms with van der Waals surface area (Å²) in [6, 6.07) is 180. The van der Waals surface area contributed by atoms with Crippen molar-refractivity contribution < 1.29 is 35.3 Å². The highest BCUT2D eigenvalue weighted by Gasteiger charge is 2.32. The van der Waals surface area contributed by atoms with Gasteiger partial charge in [-0.25, -0.2) is 0 Å². The first-order valence-corrected chi connectivity index (χ1v) is 50.2. The molecular formula is C138H85N3O8. The number of rotatable bonds is 15. The fraction of sp³-hybridized carbons (Fsp3) is 0. The van der Waals surface area contributed by atoms with Gasteiger partial charge in [0.1, 0.15) is 61.4 Å². The molecule has 31 rings (SSSR count). The first-order valence-electron chi connectivity index (χ1n) is 50.2. The summed E-state index contributed by atoms with van der Waals surface area (Å²) in [5.74, 6) is 0. The predicted octanol–water partition coefficient (Wildman–Crippen LogP) is 40.7. The van der Waals surface area contributed by atoms with Gasteiger partial charge in [0.15, 0.2) is 27.9 Å². The van der Waals surface area contributed by atoms with Crippen LogP contribution in [0.15, 0.2) is 551 Å². The van der Waals surface area contributed by atoms with Gasteiger partial charge in [-0.2, -0.15) is 0 Å². The lowest BCUT2D eigenvalue weighted by Crippen LogP contribution is -2.10. The van der Waals surface area contributed by atoms with E-state index in [-0.39, 0.29) is 0 Å². The van der Waals surface area contributed by atoms with E-state index in [1.54, 1.807) is 0 Å². The van der Waals surface area contributed by atoms with Crippen molar-refractivity contribution in [2.24, 2.45) is 0 Å². The van der Waals surface area contributed by atoms with Gasteiger partial charge in [-0.3, -0.25) is 0 Å². The Morgan fingerprint density at radius 2 is 0.389 bits per heavy atom. The van der Waals surface area contributed by atoms with Gasteiger partial charge in [-0.1, -0.05) is 346 Å².